The fourth-order valence-corrected chi connectivity index (χ4v) is 5.93. The van der Waals surface area contributed by atoms with Gasteiger partial charge in [-0.25, -0.2) is 0 Å². The zero-order valence-electron chi connectivity index (χ0n) is 17.9. The molecule has 0 aromatic heterocycles. The SMILES string of the molecule is CCOC(=O)C1CC[C@H](C)[C@@H]2C[C@@H](O[Si](C)(C)C(C)(C)C)[C@H](C)[C@H]2C1=O. The first-order valence-electron chi connectivity index (χ1n) is 10.3. The van der Waals surface area contributed by atoms with Crippen LogP contribution in [0.1, 0.15) is 60.8 Å². The van der Waals surface area contributed by atoms with Crippen molar-refractivity contribution in [2.45, 2.75) is 85.0 Å². The summed E-state index contributed by atoms with van der Waals surface area (Å²) in [5.74, 6) is 0.0562. The topological polar surface area (TPSA) is 52.6 Å². The summed E-state index contributed by atoms with van der Waals surface area (Å²) in [7, 11) is -1.89. The van der Waals surface area contributed by atoms with Crippen LogP contribution in [0.2, 0.25) is 18.1 Å². The third kappa shape index (κ3) is 4.09. The van der Waals surface area contributed by atoms with E-state index in [-0.39, 0.29) is 34.7 Å². The number of hydrogen-bond donors (Lipinski definition) is 0. The van der Waals surface area contributed by atoms with E-state index in [4.69, 9.17) is 9.16 Å². The number of Topliss-reactive ketones (excluding diaryl/α,β-unsaturated/α-hetero) is 1. The predicted molar refractivity (Wildman–Crippen MR) is 106 cm³/mol. The van der Waals surface area contributed by atoms with Crippen molar-refractivity contribution < 1.29 is 18.8 Å². The van der Waals surface area contributed by atoms with Gasteiger partial charge in [-0.15, -0.1) is 0 Å². The van der Waals surface area contributed by atoms with E-state index < -0.39 is 14.2 Å². The number of rotatable bonds is 4. The second-order valence-corrected chi connectivity index (χ2v) is 14.7. The monoisotopic (exact) mass is 382 g/mol. The van der Waals surface area contributed by atoms with Crippen molar-refractivity contribution in [1.29, 1.82) is 0 Å². The second kappa shape index (κ2) is 7.74. The van der Waals surface area contributed by atoms with E-state index in [2.05, 4.69) is 47.7 Å². The van der Waals surface area contributed by atoms with Crippen LogP contribution in [-0.4, -0.2) is 32.8 Å². The van der Waals surface area contributed by atoms with Gasteiger partial charge in [0.1, 0.15) is 5.92 Å². The van der Waals surface area contributed by atoms with Crippen LogP contribution >= 0.6 is 0 Å². The normalized spacial score (nSPS) is 35.8. The van der Waals surface area contributed by atoms with E-state index in [1.807, 2.05) is 0 Å². The molecule has 5 heteroatoms. The lowest BCUT2D eigenvalue weighted by Crippen LogP contribution is -2.45. The summed E-state index contributed by atoms with van der Waals surface area (Å²) in [5.41, 5.74) is 0. The van der Waals surface area contributed by atoms with Crippen LogP contribution in [0.4, 0.5) is 0 Å². The molecule has 2 fully saturated rings. The molecule has 2 saturated carbocycles. The van der Waals surface area contributed by atoms with Crippen molar-refractivity contribution in [2.24, 2.45) is 29.6 Å². The van der Waals surface area contributed by atoms with Crippen LogP contribution in [0.25, 0.3) is 0 Å². The summed E-state index contributed by atoms with van der Waals surface area (Å²) in [4.78, 5) is 25.6. The molecule has 2 rings (SSSR count). The van der Waals surface area contributed by atoms with Gasteiger partial charge in [0.15, 0.2) is 14.1 Å². The summed E-state index contributed by atoms with van der Waals surface area (Å²) in [5, 5.41) is 0.153. The molecule has 0 heterocycles. The molecule has 2 aliphatic rings. The highest BCUT2D eigenvalue weighted by atomic mass is 28.4. The zero-order chi connectivity index (χ0) is 19.9. The Labute approximate surface area is 160 Å². The van der Waals surface area contributed by atoms with Crippen LogP contribution < -0.4 is 0 Å². The minimum Gasteiger partial charge on any atom is -0.465 e. The maximum Gasteiger partial charge on any atom is 0.316 e. The summed E-state index contributed by atoms with van der Waals surface area (Å²) < 4.78 is 11.9. The highest BCUT2D eigenvalue weighted by Gasteiger charge is 2.53. The van der Waals surface area contributed by atoms with Gasteiger partial charge < -0.3 is 9.16 Å². The first-order valence-corrected chi connectivity index (χ1v) is 13.2. The predicted octanol–water partition coefficient (Wildman–Crippen LogP) is 4.83. The van der Waals surface area contributed by atoms with Crippen LogP contribution in [0.15, 0.2) is 0 Å². The number of esters is 1. The molecule has 2 aliphatic carbocycles. The molecule has 0 saturated heterocycles. The van der Waals surface area contributed by atoms with Gasteiger partial charge in [-0.1, -0.05) is 34.6 Å². The standard InChI is InChI=1S/C21H38O4Si/c1-9-24-20(23)15-11-10-13(2)16-12-17(14(3)18(16)19(15)22)25-26(7,8)21(4,5)6/h13-18H,9-12H2,1-8H3/t13-,14-,15?,16-,17+,18+/m0/s1. The van der Waals surface area contributed by atoms with Crippen LogP contribution in [0.5, 0.6) is 0 Å². The molecule has 0 N–H and O–H groups in total. The van der Waals surface area contributed by atoms with E-state index >= 15 is 0 Å². The maximum atomic E-state index is 13.3. The van der Waals surface area contributed by atoms with Gasteiger partial charge in [-0.2, -0.15) is 0 Å². The summed E-state index contributed by atoms with van der Waals surface area (Å²) >= 11 is 0. The Bertz CT molecular complexity index is 537. The molecule has 26 heavy (non-hydrogen) atoms. The van der Waals surface area contributed by atoms with Gasteiger partial charge in [0.05, 0.1) is 6.61 Å². The van der Waals surface area contributed by atoms with E-state index in [1.165, 1.54) is 0 Å². The molecule has 1 unspecified atom stereocenters. The number of hydrogen-bond acceptors (Lipinski definition) is 4. The molecule has 4 nitrogen and oxygen atoms in total. The third-order valence-electron chi connectivity index (χ3n) is 7.26. The maximum absolute atomic E-state index is 13.3. The Morgan fingerprint density at radius 3 is 2.35 bits per heavy atom. The Balaban J connectivity index is 2.23. The molecular weight excluding hydrogens is 344 g/mol. The lowest BCUT2D eigenvalue weighted by Gasteiger charge is -2.39. The number of carbonyl (C=O) groups excluding carboxylic acids is 2. The van der Waals surface area contributed by atoms with E-state index in [1.54, 1.807) is 6.92 Å². The van der Waals surface area contributed by atoms with Gasteiger partial charge in [-0.3, -0.25) is 9.59 Å². The molecule has 0 bridgehead atoms. The van der Waals surface area contributed by atoms with Gasteiger partial charge >= 0.3 is 5.97 Å². The number of ether oxygens (including phenoxy) is 1. The van der Waals surface area contributed by atoms with E-state index in [0.717, 1.165) is 12.8 Å². The van der Waals surface area contributed by atoms with Crippen molar-refractivity contribution in [3.8, 4) is 0 Å². The number of ketones is 1. The fraction of sp³-hybridized carbons (Fsp3) is 0.905. The lowest BCUT2D eigenvalue weighted by atomic mass is 9.79. The third-order valence-corrected chi connectivity index (χ3v) is 11.8. The average molecular weight is 383 g/mol. The molecule has 150 valence electrons. The molecule has 6 atom stereocenters. The average Bonchev–Trinajstić information content (AvgIpc) is 2.76. The number of fused-ring (bicyclic) bond motifs is 1. The molecular formula is C21H38O4Si. The lowest BCUT2D eigenvalue weighted by molar-refractivity contribution is -0.153. The van der Waals surface area contributed by atoms with E-state index in [0.29, 0.717) is 24.9 Å². The van der Waals surface area contributed by atoms with Crippen LogP contribution in [-0.2, 0) is 18.8 Å². The van der Waals surface area contributed by atoms with Gasteiger partial charge in [0.25, 0.3) is 0 Å². The van der Waals surface area contributed by atoms with Crippen molar-refractivity contribution in [2.75, 3.05) is 6.61 Å². The largest absolute Gasteiger partial charge is 0.465 e. The Hall–Kier alpha value is -0.683. The highest BCUT2D eigenvalue weighted by Crippen LogP contribution is 2.50. The number of carbonyl (C=O) groups is 2. The minimum absolute atomic E-state index is 0.0725. The summed E-state index contributed by atoms with van der Waals surface area (Å²) in [6, 6.07) is 0. The summed E-state index contributed by atoms with van der Waals surface area (Å²) in [6.45, 7) is 17.8. The molecule has 0 radical (unpaired) electrons. The first-order chi connectivity index (χ1) is 11.9. The van der Waals surface area contributed by atoms with Crippen molar-refractivity contribution >= 4 is 20.1 Å². The van der Waals surface area contributed by atoms with Gasteiger partial charge in [-0.05, 0) is 62.1 Å². The minimum atomic E-state index is -1.89. The Morgan fingerprint density at radius 2 is 1.81 bits per heavy atom. The van der Waals surface area contributed by atoms with Gasteiger partial charge in [0.2, 0.25) is 0 Å². The van der Waals surface area contributed by atoms with E-state index in [9.17, 15) is 9.59 Å². The first kappa shape index (κ1) is 21.6. The van der Waals surface area contributed by atoms with Crippen molar-refractivity contribution in [1.82, 2.24) is 0 Å². The van der Waals surface area contributed by atoms with Crippen LogP contribution in [0, 0.1) is 29.6 Å². The Morgan fingerprint density at radius 1 is 1.19 bits per heavy atom. The molecule has 0 aliphatic heterocycles. The molecule has 0 aromatic carbocycles. The Kier molecular flexibility index (Phi) is 6.44. The fourth-order valence-electron chi connectivity index (χ4n) is 4.51. The summed E-state index contributed by atoms with van der Waals surface area (Å²) in [6.07, 6.45) is 2.61. The highest BCUT2D eigenvalue weighted by molar-refractivity contribution is 6.74. The smallest absolute Gasteiger partial charge is 0.316 e. The second-order valence-electron chi connectivity index (χ2n) is 9.96. The quantitative estimate of drug-likeness (QED) is 0.397. The van der Waals surface area contributed by atoms with Crippen molar-refractivity contribution in [3.63, 3.8) is 0 Å². The molecule has 0 aromatic rings. The van der Waals surface area contributed by atoms with Crippen molar-refractivity contribution in [3.05, 3.63) is 0 Å². The molecule has 0 amide bonds. The molecule has 0 spiro atoms. The van der Waals surface area contributed by atoms with Gasteiger partial charge in [0, 0.05) is 12.0 Å². The zero-order valence-corrected chi connectivity index (χ0v) is 18.9. The van der Waals surface area contributed by atoms with Crippen LogP contribution in [0.3, 0.4) is 0 Å².